The molecule has 0 aliphatic rings. The van der Waals surface area contributed by atoms with Crippen LogP contribution >= 0.6 is 11.6 Å². The predicted molar refractivity (Wildman–Crippen MR) is 156 cm³/mol. The van der Waals surface area contributed by atoms with E-state index in [2.05, 4.69) is 26.0 Å². The zero-order valence-corrected chi connectivity index (χ0v) is 23.5. The Hall–Kier alpha value is -3.11. The van der Waals surface area contributed by atoms with E-state index in [1.54, 1.807) is 12.1 Å². The molecule has 5 heteroatoms. The molecule has 2 atom stereocenters. The first-order valence-electron chi connectivity index (χ1n) is 13.7. The second-order valence-corrected chi connectivity index (χ2v) is 10.4. The summed E-state index contributed by atoms with van der Waals surface area (Å²) in [5.74, 6) is -0.631. The maximum atomic E-state index is 12.5. The molecule has 0 amide bonds. The number of halogens is 1. The summed E-state index contributed by atoms with van der Waals surface area (Å²) >= 11 is 6.14. The Morgan fingerprint density at radius 1 is 0.658 bits per heavy atom. The number of hydrogen-bond acceptors (Lipinski definition) is 4. The zero-order valence-electron chi connectivity index (χ0n) is 22.8. The summed E-state index contributed by atoms with van der Waals surface area (Å²) in [6.07, 6.45) is 7.29. The van der Waals surface area contributed by atoms with E-state index in [-0.39, 0.29) is 30.0 Å². The third-order valence-electron chi connectivity index (χ3n) is 6.56. The molecule has 0 N–H and O–H groups in total. The van der Waals surface area contributed by atoms with E-state index in [1.165, 1.54) is 19.3 Å². The van der Waals surface area contributed by atoms with E-state index in [0.717, 1.165) is 47.9 Å². The Bertz CT molecular complexity index is 1140. The number of carbonyl (C=O) groups is 2. The smallest absolute Gasteiger partial charge is 0.338 e. The molecule has 202 valence electrons. The number of alkyl halides is 1. The van der Waals surface area contributed by atoms with Crippen LogP contribution in [0.5, 0.6) is 0 Å². The van der Waals surface area contributed by atoms with E-state index < -0.39 is 0 Å². The Kier molecular flexibility index (Phi) is 11.9. The highest BCUT2D eigenvalue weighted by molar-refractivity contribution is 6.20. The summed E-state index contributed by atoms with van der Waals surface area (Å²) in [6, 6.07) is 23.1. The molecule has 0 saturated heterocycles. The van der Waals surface area contributed by atoms with E-state index >= 15 is 0 Å². The van der Waals surface area contributed by atoms with Crippen LogP contribution in [0.25, 0.3) is 22.3 Å². The van der Waals surface area contributed by atoms with Crippen molar-refractivity contribution < 1.29 is 19.1 Å². The van der Waals surface area contributed by atoms with Gasteiger partial charge in [-0.2, -0.15) is 0 Å². The average Bonchev–Trinajstić information content (AvgIpc) is 2.94. The Morgan fingerprint density at radius 3 is 1.61 bits per heavy atom. The first-order chi connectivity index (χ1) is 18.4. The number of carbonyl (C=O) groups excluding carboxylic acids is 2. The number of unbranched alkanes of at least 4 members (excludes halogenated alkanes) is 3. The Morgan fingerprint density at radius 2 is 1.13 bits per heavy atom. The van der Waals surface area contributed by atoms with Gasteiger partial charge in [0.1, 0.15) is 6.61 Å². The molecule has 3 aromatic rings. The van der Waals surface area contributed by atoms with Gasteiger partial charge in [-0.1, -0.05) is 88.1 Å². The minimum atomic E-state index is -0.359. The molecule has 0 aliphatic heterocycles. The van der Waals surface area contributed by atoms with Gasteiger partial charge in [0.15, 0.2) is 0 Å². The van der Waals surface area contributed by atoms with Crippen LogP contribution in [-0.2, 0) is 9.47 Å². The lowest BCUT2D eigenvalue weighted by Crippen LogP contribution is -2.15. The molecule has 0 unspecified atom stereocenters. The molecule has 38 heavy (non-hydrogen) atoms. The fraction of sp³-hybridized carbons (Fsp3) is 0.394. The molecule has 0 heterocycles. The first kappa shape index (κ1) is 29.4. The lowest BCUT2D eigenvalue weighted by molar-refractivity contribution is 0.0319. The van der Waals surface area contributed by atoms with Crippen molar-refractivity contribution in [2.45, 2.75) is 77.2 Å². The zero-order chi connectivity index (χ0) is 27.3. The van der Waals surface area contributed by atoms with Gasteiger partial charge in [0.25, 0.3) is 0 Å². The van der Waals surface area contributed by atoms with Crippen LogP contribution < -0.4 is 0 Å². The molecule has 0 fully saturated rings. The van der Waals surface area contributed by atoms with Crippen molar-refractivity contribution in [3.8, 4) is 22.3 Å². The predicted octanol–water partition coefficient (Wildman–Crippen LogP) is 9.10. The van der Waals surface area contributed by atoms with Gasteiger partial charge in [-0.25, -0.2) is 9.59 Å². The third kappa shape index (κ3) is 9.02. The normalized spacial score (nSPS) is 12.5. The number of esters is 2. The fourth-order valence-electron chi connectivity index (χ4n) is 4.27. The summed E-state index contributed by atoms with van der Waals surface area (Å²) in [6.45, 7) is 6.42. The first-order valence-corrected chi connectivity index (χ1v) is 14.2. The molecule has 0 aromatic heterocycles. The summed E-state index contributed by atoms with van der Waals surface area (Å²) < 4.78 is 10.9. The lowest BCUT2D eigenvalue weighted by atomic mass is 9.99. The second kappa shape index (κ2) is 15.3. The highest BCUT2D eigenvalue weighted by Gasteiger charge is 2.13. The lowest BCUT2D eigenvalue weighted by Gasteiger charge is -2.13. The van der Waals surface area contributed by atoms with Gasteiger partial charge in [0.2, 0.25) is 0 Å². The van der Waals surface area contributed by atoms with E-state index in [4.69, 9.17) is 21.1 Å². The van der Waals surface area contributed by atoms with Crippen LogP contribution in [0.2, 0.25) is 0 Å². The topological polar surface area (TPSA) is 52.6 Å². The van der Waals surface area contributed by atoms with E-state index in [1.807, 2.05) is 55.5 Å². The van der Waals surface area contributed by atoms with Gasteiger partial charge < -0.3 is 9.47 Å². The second-order valence-electron chi connectivity index (χ2n) is 9.78. The van der Waals surface area contributed by atoms with Gasteiger partial charge in [-0.15, -0.1) is 11.6 Å². The van der Waals surface area contributed by atoms with Crippen LogP contribution in [0.3, 0.4) is 0 Å². The van der Waals surface area contributed by atoms with Gasteiger partial charge >= 0.3 is 11.9 Å². The molecule has 0 radical (unpaired) electrons. The van der Waals surface area contributed by atoms with Crippen molar-refractivity contribution in [3.63, 3.8) is 0 Å². The van der Waals surface area contributed by atoms with Gasteiger partial charge in [0.05, 0.1) is 22.6 Å². The van der Waals surface area contributed by atoms with Crippen molar-refractivity contribution in [3.05, 3.63) is 83.9 Å². The molecular formula is C33H39ClO4. The quantitative estimate of drug-likeness (QED) is 0.117. The van der Waals surface area contributed by atoms with Crippen LogP contribution in [-0.4, -0.2) is 30.0 Å². The Balaban J connectivity index is 1.55. The molecule has 0 spiro atoms. The van der Waals surface area contributed by atoms with Gasteiger partial charge in [0, 0.05) is 0 Å². The molecule has 0 aliphatic carbocycles. The minimum Gasteiger partial charge on any atom is -0.461 e. The number of ether oxygens (including phenoxy) is 2. The van der Waals surface area contributed by atoms with Gasteiger partial charge in [-0.05, 0) is 72.7 Å². The monoisotopic (exact) mass is 534 g/mol. The third-order valence-corrected chi connectivity index (χ3v) is 6.91. The molecular weight excluding hydrogens is 496 g/mol. The number of hydrogen-bond donors (Lipinski definition) is 0. The Labute approximate surface area is 232 Å². The maximum Gasteiger partial charge on any atom is 0.338 e. The van der Waals surface area contributed by atoms with Gasteiger partial charge in [-0.3, -0.25) is 0 Å². The van der Waals surface area contributed by atoms with Crippen LogP contribution in [0.15, 0.2) is 72.8 Å². The summed E-state index contributed by atoms with van der Waals surface area (Å²) in [5.41, 5.74) is 5.22. The summed E-state index contributed by atoms with van der Waals surface area (Å²) in [7, 11) is 0. The largest absolute Gasteiger partial charge is 0.461 e. The molecule has 0 bridgehead atoms. The number of rotatable bonds is 14. The average molecular weight is 535 g/mol. The van der Waals surface area contributed by atoms with Crippen molar-refractivity contribution >= 4 is 23.5 Å². The molecule has 3 aromatic carbocycles. The highest BCUT2D eigenvalue weighted by atomic mass is 35.5. The summed E-state index contributed by atoms with van der Waals surface area (Å²) in [5, 5.41) is -0.152. The highest BCUT2D eigenvalue weighted by Crippen LogP contribution is 2.26. The molecule has 0 saturated carbocycles. The minimum absolute atomic E-state index is 0.0740. The van der Waals surface area contributed by atoms with Crippen LogP contribution in [0, 0.1) is 0 Å². The SMILES string of the molecule is CCCCCC[C@H](C)OC(=O)c1ccc(-c2ccc(-c3ccc(C(=O)OC[C@@H](Cl)CCC)cc3)cc2)cc1. The number of benzene rings is 3. The molecule has 4 nitrogen and oxygen atoms in total. The van der Waals surface area contributed by atoms with Crippen molar-refractivity contribution in [1.29, 1.82) is 0 Å². The van der Waals surface area contributed by atoms with E-state index in [0.29, 0.717) is 11.1 Å². The van der Waals surface area contributed by atoms with Crippen molar-refractivity contribution in [1.82, 2.24) is 0 Å². The fourth-order valence-corrected chi connectivity index (χ4v) is 4.55. The van der Waals surface area contributed by atoms with Crippen molar-refractivity contribution in [2.24, 2.45) is 0 Å². The van der Waals surface area contributed by atoms with Crippen molar-refractivity contribution in [2.75, 3.05) is 6.61 Å². The van der Waals surface area contributed by atoms with Crippen LogP contribution in [0.4, 0.5) is 0 Å². The standard InChI is InChI=1S/C33H39ClO4/c1-4-6-7-8-10-24(3)38-33(36)30-21-17-28(18-22-30)26-13-11-25(12-14-26)27-15-19-29(20-16-27)32(35)37-23-31(34)9-5-2/h11-22,24,31H,4-10,23H2,1-3H3/t24-,31-/m0/s1. The molecule has 3 rings (SSSR count). The summed E-state index contributed by atoms with van der Waals surface area (Å²) in [4.78, 5) is 24.8. The van der Waals surface area contributed by atoms with Crippen LogP contribution in [0.1, 0.15) is 86.4 Å². The maximum absolute atomic E-state index is 12.5. The van der Waals surface area contributed by atoms with E-state index in [9.17, 15) is 9.59 Å².